The fraction of sp³-hybridized carbons (Fsp3) is 0.412. The highest BCUT2D eigenvalue weighted by molar-refractivity contribution is 6.10. The van der Waals surface area contributed by atoms with Gasteiger partial charge in [-0.3, -0.25) is 14.5 Å². The average molecular weight is 345 g/mol. The molecule has 4 amide bonds. The highest BCUT2D eigenvalue weighted by Gasteiger charge is 2.52. The summed E-state index contributed by atoms with van der Waals surface area (Å²) < 4.78 is 4.67. The molecule has 0 unspecified atom stereocenters. The van der Waals surface area contributed by atoms with Crippen LogP contribution in [0.1, 0.15) is 36.0 Å². The minimum Gasteiger partial charge on any atom is -0.465 e. The molecule has 1 aliphatic heterocycles. The molecular weight excluding hydrogens is 326 g/mol. The first kappa shape index (κ1) is 16.9. The largest absolute Gasteiger partial charge is 0.465 e. The number of methoxy groups -OCH3 is 1. The third-order valence-corrected chi connectivity index (χ3v) is 4.61. The topological polar surface area (TPSA) is 105 Å². The lowest BCUT2D eigenvalue weighted by Gasteiger charge is -2.19. The number of benzene rings is 1. The van der Waals surface area contributed by atoms with Gasteiger partial charge in [0, 0.05) is 0 Å². The number of carbonyl (C=O) groups excluding carboxylic acids is 4. The van der Waals surface area contributed by atoms with Gasteiger partial charge in [-0.2, -0.15) is 0 Å². The molecule has 2 aliphatic rings. The molecule has 2 N–H and O–H groups in total. The van der Waals surface area contributed by atoms with Crippen LogP contribution in [0.2, 0.25) is 0 Å². The maximum absolute atomic E-state index is 12.5. The lowest BCUT2D eigenvalue weighted by atomic mass is 9.98. The van der Waals surface area contributed by atoms with E-state index in [1.165, 1.54) is 13.2 Å². The Morgan fingerprint density at radius 3 is 2.60 bits per heavy atom. The summed E-state index contributed by atoms with van der Waals surface area (Å²) in [5.74, 6) is -1.50. The lowest BCUT2D eigenvalue weighted by Crippen LogP contribution is -2.44. The number of para-hydroxylation sites is 1. The fourth-order valence-electron chi connectivity index (χ4n) is 3.35. The normalized spacial score (nSPS) is 18.4. The van der Waals surface area contributed by atoms with Gasteiger partial charge in [0.2, 0.25) is 5.91 Å². The van der Waals surface area contributed by atoms with Crippen LogP contribution in [0.5, 0.6) is 0 Å². The summed E-state index contributed by atoms with van der Waals surface area (Å²) in [6, 6.07) is 5.81. The predicted molar refractivity (Wildman–Crippen MR) is 87.9 cm³/mol. The average Bonchev–Trinajstić information content (AvgIpc) is 3.16. The van der Waals surface area contributed by atoms with Crippen molar-refractivity contribution in [2.24, 2.45) is 0 Å². The Bertz CT molecular complexity index is 740. The molecule has 1 aromatic carbocycles. The summed E-state index contributed by atoms with van der Waals surface area (Å²) in [6.45, 7) is -0.401. The van der Waals surface area contributed by atoms with E-state index < -0.39 is 30.0 Å². The first-order valence-electron chi connectivity index (χ1n) is 8.08. The molecule has 132 valence electrons. The third-order valence-electron chi connectivity index (χ3n) is 4.61. The van der Waals surface area contributed by atoms with Gasteiger partial charge in [-0.15, -0.1) is 0 Å². The van der Waals surface area contributed by atoms with E-state index in [0.717, 1.165) is 17.7 Å². The molecule has 3 rings (SSSR count). The number of imide groups is 1. The van der Waals surface area contributed by atoms with Gasteiger partial charge >= 0.3 is 12.0 Å². The fourth-order valence-corrected chi connectivity index (χ4v) is 3.35. The highest BCUT2D eigenvalue weighted by Crippen LogP contribution is 2.34. The van der Waals surface area contributed by atoms with Crippen LogP contribution >= 0.6 is 0 Å². The Morgan fingerprint density at radius 2 is 1.92 bits per heavy atom. The quantitative estimate of drug-likeness (QED) is 0.632. The number of anilines is 1. The second kappa shape index (κ2) is 6.54. The van der Waals surface area contributed by atoms with Crippen LogP contribution in [0, 0.1) is 0 Å². The number of carbonyl (C=O) groups is 4. The Morgan fingerprint density at radius 1 is 1.24 bits per heavy atom. The van der Waals surface area contributed by atoms with Crippen molar-refractivity contribution in [2.45, 2.75) is 31.2 Å². The molecule has 0 bridgehead atoms. The van der Waals surface area contributed by atoms with Gasteiger partial charge in [-0.05, 0) is 25.0 Å². The Hall–Kier alpha value is -2.90. The van der Waals surface area contributed by atoms with Crippen LogP contribution in [0.4, 0.5) is 10.5 Å². The summed E-state index contributed by atoms with van der Waals surface area (Å²) in [4.78, 5) is 49.6. The third kappa shape index (κ3) is 3.07. The zero-order valence-corrected chi connectivity index (χ0v) is 13.8. The smallest absolute Gasteiger partial charge is 0.339 e. The number of hydrogen-bond acceptors (Lipinski definition) is 5. The molecule has 0 radical (unpaired) electrons. The van der Waals surface area contributed by atoms with E-state index in [0.29, 0.717) is 12.8 Å². The maximum atomic E-state index is 12.5. The van der Waals surface area contributed by atoms with Crippen LogP contribution in [0.3, 0.4) is 0 Å². The summed E-state index contributed by atoms with van der Waals surface area (Å²) in [5.41, 5.74) is -0.383. The number of urea groups is 1. The van der Waals surface area contributed by atoms with Gasteiger partial charge < -0.3 is 15.4 Å². The molecule has 1 heterocycles. The van der Waals surface area contributed by atoms with E-state index in [9.17, 15) is 19.2 Å². The number of nitrogens with one attached hydrogen (secondary N) is 2. The maximum Gasteiger partial charge on any atom is 0.339 e. The van der Waals surface area contributed by atoms with Gasteiger partial charge in [-0.25, -0.2) is 9.59 Å². The van der Waals surface area contributed by atoms with E-state index >= 15 is 0 Å². The van der Waals surface area contributed by atoms with Gasteiger partial charge in [0.25, 0.3) is 5.91 Å². The molecule has 2 fully saturated rings. The van der Waals surface area contributed by atoms with Gasteiger partial charge in [0.15, 0.2) is 0 Å². The Kier molecular flexibility index (Phi) is 4.43. The molecule has 1 saturated carbocycles. The van der Waals surface area contributed by atoms with Crippen molar-refractivity contribution in [2.75, 3.05) is 19.0 Å². The van der Waals surface area contributed by atoms with E-state index in [1.807, 2.05) is 0 Å². The summed E-state index contributed by atoms with van der Waals surface area (Å²) in [7, 11) is 1.25. The standard InChI is InChI=1S/C17H19N3O5/c1-25-14(22)11-6-2-3-7-12(11)18-13(21)10-20-15(23)17(19-16(20)24)8-4-5-9-17/h2-3,6-7H,4-5,8-10H2,1H3,(H,18,21)(H,19,24). The number of ether oxygens (including phenoxy) is 1. The first-order chi connectivity index (χ1) is 12.0. The van der Waals surface area contributed by atoms with Crippen molar-refractivity contribution in [3.05, 3.63) is 29.8 Å². The van der Waals surface area contributed by atoms with Crippen LogP contribution in [-0.2, 0) is 14.3 Å². The van der Waals surface area contributed by atoms with Crippen LogP contribution in [0.15, 0.2) is 24.3 Å². The summed E-state index contributed by atoms with van der Waals surface area (Å²) in [5, 5.41) is 5.28. The second-order valence-corrected chi connectivity index (χ2v) is 6.20. The van der Waals surface area contributed by atoms with Crippen molar-refractivity contribution < 1.29 is 23.9 Å². The van der Waals surface area contributed by atoms with Crippen LogP contribution in [-0.4, -0.2) is 47.9 Å². The van der Waals surface area contributed by atoms with Crippen molar-refractivity contribution in [3.8, 4) is 0 Å². The Balaban J connectivity index is 1.70. The number of hydrogen-bond donors (Lipinski definition) is 2. The van der Waals surface area contributed by atoms with Crippen molar-refractivity contribution in [1.82, 2.24) is 10.2 Å². The molecule has 0 aromatic heterocycles. The second-order valence-electron chi connectivity index (χ2n) is 6.20. The minimum absolute atomic E-state index is 0.197. The molecule has 1 spiro atoms. The molecule has 1 aliphatic carbocycles. The van der Waals surface area contributed by atoms with Gasteiger partial charge in [-0.1, -0.05) is 25.0 Å². The first-order valence-corrected chi connectivity index (χ1v) is 8.08. The van der Waals surface area contributed by atoms with Crippen LogP contribution < -0.4 is 10.6 Å². The van der Waals surface area contributed by atoms with E-state index in [-0.39, 0.29) is 17.2 Å². The minimum atomic E-state index is -0.846. The van der Waals surface area contributed by atoms with E-state index in [1.54, 1.807) is 18.2 Å². The van der Waals surface area contributed by atoms with Crippen molar-refractivity contribution in [1.29, 1.82) is 0 Å². The van der Waals surface area contributed by atoms with E-state index in [2.05, 4.69) is 15.4 Å². The van der Waals surface area contributed by atoms with E-state index in [4.69, 9.17) is 0 Å². The summed E-state index contributed by atoms with van der Waals surface area (Å²) in [6.07, 6.45) is 2.94. The Labute approximate surface area is 144 Å². The summed E-state index contributed by atoms with van der Waals surface area (Å²) >= 11 is 0. The predicted octanol–water partition coefficient (Wildman–Crippen LogP) is 1.28. The number of rotatable bonds is 4. The molecule has 1 aromatic rings. The molecule has 25 heavy (non-hydrogen) atoms. The number of amides is 4. The SMILES string of the molecule is COC(=O)c1ccccc1NC(=O)CN1C(=O)NC2(CCCC2)C1=O. The molecule has 1 saturated heterocycles. The lowest BCUT2D eigenvalue weighted by molar-refractivity contribution is -0.133. The number of esters is 1. The van der Waals surface area contributed by atoms with Crippen molar-refractivity contribution in [3.63, 3.8) is 0 Å². The zero-order valence-electron chi connectivity index (χ0n) is 13.8. The molecule has 8 heteroatoms. The molecule has 0 atom stereocenters. The zero-order chi connectivity index (χ0) is 18.0. The number of nitrogens with zero attached hydrogens (tertiary/aromatic N) is 1. The highest BCUT2D eigenvalue weighted by atomic mass is 16.5. The van der Waals surface area contributed by atoms with Crippen LogP contribution in [0.25, 0.3) is 0 Å². The molecule has 8 nitrogen and oxygen atoms in total. The van der Waals surface area contributed by atoms with Gasteiger partial charge in [0.1, 0.15) is 12.1 Å². The van der Waals surface area contributed by atoms with Crippen molar-refractivity contribution >= 4 is 29.5 Å². The monoisotopic (exact) mass is 345 g/mol. The molecular formula is C17H19N3O5. The van der Waals surface area contributed by atoms with Gasteiger partial charge in [0.05, 0.1) is 18.4 Å².